The molecule has 1 aliphatic carbocycles. The van der Waals surface area contributed by atoms with E-state index in [1.54, 1.807) is 0 Å². The minimum absolute atomic E-state index is 0.0944. The van der Waals surface area contributed by atoms with Crippen LogP contribution in [0.5, 0.6) is 5.75 Å². The molecule has 0 fully saturated rings. The Bertz CT molecular complexity index is 854. The molecule has 0 amide bonds. The lowest BCUT2D eigenvalue weighted by Gasteiger charge is -2.12. The molecule has 0 N–H and O–H groups in total. The molecule has 0 unspecified atom stereocenters. The van der Waals surface area contributed by atoms with Gasteiger partial charge in [-0.3, -0.25) is 4.79 Å². The van der Waals surface area contributed by atoms with Crippen molar-refractivity contribution < 1.29 is 19.1 Å². The Morgan fingerprint density at radius 3 is 2.48 bits per heavy atom. The molecule has 0 aromatic heterocycles. The lowest BCUT2D eigenvalue weighted by atomic mass is 10.0. The predicted molar refractivity (Wildman–Crippen MR) is 95.9 cm³/mol. The Kier molecular flexibility index (Phi) is 4.70. The summed E-state index contributed by atoms with van der Waals surface area (Å²) in [7, 11) is 1.33. The van der Waals surface area contributed by atoms with E-state index in [-0.39, 0.29) is 12.4 Å². The molecule has 0 radical (unpaired) electrons. The number of fused-ring (bicyclic) bond motifs is 1. The molecule has 0 atom stereocenters. The summed E-state index contributed by atoms with van der Waals surface area (Å²) in [4.78, 5) is 23.8. The molecule has 4 heteroatoms. The van der Waals surface area contributed by atoms with Gasteiger partial charge in [0, 0.05) is 17.6 Å². The van der Waals surface area contributed by atoms with Crippen molar-refractivity contribution in [2.45, 2.75) is 20.3 Å². The van der Waals surface area contributed by atoms with Crippen LogP contribution in [0.4, 0.5) is 0 Å². The summed E-state index contributed by atoms with van der Waals surface area (Å²) in [6.07, 6.45) is 2.60. The smallest absolute Gasteiger partial charge is 0.343 e. The quantitative estimate of drug-likeness (QED) is 0.631. The number of hydrogen-bond acceptors (Lipinski definition) is 4. The number of hydrogen-bond donors (Lipinski definition) is 0. The maximum Gasteiger partial charge on any atom is 0.343 e. The van der Waals surface area contributed by atoms with Crippen molar-refractivity contribution in [2.24, 2.45) is 0 Å². The van der Waals surface area contributed by atoms with E-state index >= 15 is 0 Å². The molecular weight excluding hydrogens is 316 g/mol. The number of aryl methyl sites for hydroxylation is 2. The molecular formula is C21H20O4. The first-order valence-electron chi connectivity index (χ1n) is 8.13. The summed E-state index contributed by atoms with van der Waals surface area (Å²) in [5, 5.41) is 0. The van der Waals surface area contributed by atoms with Gasteiger partial charge in [-0.25, -0.2) is 4.79 Å². The number of benzene rings is 2. The van der Waals surface area contributed by atoms with E-state index in [9.17, 15) is 9.59 Å². The first kappa shape index (κ1) is 17.0. The van der Waals surface area contributed by atoms with Crippen LogP contribution in [0.1, 0.15) is 32.6 Å². The summed E-state index contributed by atoms with van der Waals surface area (Å²) in [5.74, 6) is 0.352. The average Bonchev–Trinajstić information content (AvgIpc) is 2.90. The summed E-state index contributed by atoms with van der Waals surface area (Å²) in [5.41, 5.74) is 5.45. The second-order valence-electron chi connectivity index (χ2n) is 6.18. The van der Waals surface area contributed by atoms with Crippen molar-refractivity contribution in [1.82, 2.24) is 0 Å². The van der Waals surface area contributed by atoms with Crippen molar-refractivity contribution >= 4 is 17.8 Å². The van der Waals surface area contributed by atoms with Crippen LogP contribution in [-0.4, -0.2) is 25.5 Å². The summed E-state index contributed by atoms with van der Waals surface area (Å²) < 4.78 is 10.2. The fourth-order valence-corrected chi connectivity index (χ4v) is 3.16. The number of ketones is 1. The van der Waals surface area contributed by atoms with Crippen molar-refractivity contribution in [3.05, 3.63) is 69.8 Å². The van der Waals surface area contributed by atoms with Crippen molar-refractivity contribution in [1.29, 1.82) is 0 Å². The van der Waals surface area contributed by atoms with Gasteiger partial charge in [0.2, 0.25) is 0 Å². The number of Topliss-reactive ketones (excluding diaryl/α,β-unsaturated/α-hetero) is 1. The number of esters is 1. The van der Waals surface area contributed by atoms with E-state index in [0.717, 1.165) is 33.4 Å². The van der Waals surface area contributed by atoms with Gasteiger partial charge in [-0.2, -0.15) is 0 Å². The van der Waals surface area contributed by atoms with Crippen molar-refractivity contribution in [3.8, 4) is 5.75 Å². The molecule has 25 heavy (non-hydrogen) atoms. The van der Waals surface area contributed by atoms with Crippen LogP contribution in [-0.2, 0) is 16.0 Å². The number of carbonyl (C=O) groups excluding carboxylic acids is 2. The molecule has 0 heterocycles. The summed E-state index contributed by atoms with van der Waals surface area (Å²) >= 11 is 0. The van der Waals surface area contributed by atoms with E-state index in [0.29, 0.717) is 12.2 Å². The predicted octanol–water partition coefficient (Wildman–Crippen LogP) is 3.68. The van der Waals surface area contributed by atoms with Crippen LogP contribution in [0, 0.1) is 13.8 Å². The van der Waals surface area contributed by atoms with Crippen LogP contribution >= 0.6 is 0 Å². The lowest BCUT2D eigenvalue weighted by Crippen LogP contribution is -2.13. The summed E-state index contributed by atoms with van der Waals surface area (Å²) in [6, 6.07) is 11.6. The standard InChI is InChI=1S/C21H20O4/c1-13-8-15(9-14(2)21(13)25-12-19(22)24-3)10-17-11-16-6-4-5-7-18(16)20(17)23/h4-10H,11-12H2,1-3H3. The van der Waals surface area contributed by atoms with Crippen LogP contribution in [0.3, 0.4) is 0 Å². The molecule has 0 bridgehead atoms. The molecule has 0 saturated heterocycles. The van der Waals surface area contributed by atoms with E-state index in [2.05, 4.69) is 4.74 Å². The van der Waals surface area contributed by atoms with Crippen LogP contribution in [0.15, 0.2) is 42.0 Å². The highest BCUT2D eigenvalue weighted by atomic mass is 16.6. The maximum atomic E-state index is 12.5. The largest absolute Gasteiger partial charge is 0.481 e. The third-order valence-corrected chi connectivity index (χ3v) is 4.32. The fraction of sp³-hybridized carbons (Fsp3) is 0.238. The highest BCUT2D eigenvalue weighted by molar-refractivity contribution is 6.15. The molecule has 4 nitrogen and oxygen atoms in total. The lowest BCUT2D eigenvalue weighted by molar-refractivity contribution is -0.142. The van der Waals surface area contributed by atoms with E-state index < -0.39 is 5.97 Å². The topological polar surface area (TPSA) is 52.6 Å². The number of ether oxygens (including phenoxy) is 2. The molecule has 1 aliphatic rings. The number of methoxy groups -OCH3 is 1. The van der Waals surface area contributed by atoms with Gasteiger partial charge < -0.3 is 9.47 Å². The summed E-state index contributed by atoms with van der Waals surface area (Å²) in [6.45, 7) is 3.73. The van der Waals surface area contributed by atoms with Crippen molar-refractivity contribution in [2.75, 3.05) is 13.7 Å². The molecule has 128 valence electrons. The van der Waals surface area contributed by atoms with Gasteiger partial charge in [-0.05, 0) is 54.3 Å². The third-order valence-electron chi connectivity index (χ3n) is 4.32. The molecule has 0 aliphatic heterocycles. The first-order chi connectivity index (χ1) is 12.0. The minimum Gasteiger partial charge on any atom is -0.481 e. The SMILES string of the molecule is COC(=O)COc1c(C)cc(C=C2Cc3ccccc3C2=O)cc1C. The van der Waals surface area contributed by atoms with Crippen LogP contribution < -0.4 is 4.74 Å². The van der Waals surface area contributed by atoms with E-state index in [1.165, 1.54) is 7.11 Å². The minimum atomic E-state index is -0.417. The Labute approximate surface area is 147 Å². The average molecular weight is 336 g/mol. The first-order valence-corrected chi connectivity index (χ1v) is 8.13. The van der Waals surface area contributed by atoms with Gasteiger partial charge in [0.05, 0.1) is 7.11 Å². The van der Waals surface area contributed by atoms with E-state index in [4.69, 9.17) is 4.74 Å². The number of carbonyl (C=O) groups is 2. The Hall–Kier alpha value is -2.88. The normalized spacial score (nSPS) is 14.5. The highest BCUT2D eigenvalue weighted by Gasteiger charge is 2.24. The van der Waals surface area contributed by atoms with E-state index in [1.807, 2.05) is 56.3 Å². The van der Waals surface area contributed by atoms with Gasteiger partial charge >= 0.3 is 5.97 Å². The molecule has 0 saturated carbocycles. The third kappa shape index (κ3) is 3.48. The van der Waals surface area contributed by atoms with Crippen LogP contribution in [0.25, 0.3) is 6.08 Å². The van der Waals surface area contributed by atoms with Gasteiger partial charge in [0.15, 0.2) is 12.4 Å². The van der Waals surface area contributed by atoms with Crippen LogP contribution in [0.2, 0.25) is 0 Å². The second-order valence-corrected chi connectivity index (χ2v) is 6.18. The van der Waals surface area contributed by atoms with Gasteiger partial charge in [-0.1, -0.05) is 24.3 Å². The Balaban J connectivity index is 1.85. The number of allylic oxidation sites excluding steroid dienone is 1. The zero-order valence-electron chi connectivity index (χ0n) is 14.6. The highest BCUT2D eigenvalue weighted by Crippen LogP contribution is 2.30. The molecule has 3 rings (SSSR count). The van der Waals surface area contributed by atoms with Crippen molar-refractivity contribution in [3.63, 3.8) is 0 Å². The maximum absolute atomic E-state index is 12.5. The molecule has 2 aromatic carbocycles. The van der Waals surface area contributed by atoms with Gasteiger partial charge in [0.1, 0.15) is 5.75 Å². The Morgan fingerprint density at radius 2 is 1.84 bits per heavy atom. The Morgan fingerprint density at radius 1 is 1.16 bits per heavy atom. The number of rotatable bonds is 4. The van der Waals surface area contributed by atoms with Gasteiger partial charge in [-0.15, -0.1) is 0 Å². The second kappa shape index (κ2) is 6.93. The van der Waals surface area contributed by atoms with Gasteiger partial charge in [0.25, 0.3) is 0 Å². The monoisotopic (exact) mass is 336 g/mol. The molecule has 2 aromatic rings. The molecule has 0 spiro atoms. The zero-order valence-corrected chi connectivity index (χ0v) is 14.6. The zero-order chi connectivity index (χ0) is 18.0. The fourth-order valence-electron chi connectivity index (χ4n) is 3.16.